The molecule has 7 heteroatoms. The second-order valence-corrected chi connectivity index (χ2v) is 6.27. The summed E-state index contributed by atoms with van der Waals surface area (Å²) in [6.07, 6.45) is 4.46. The van der Waals surface area contributed by atoms with Crippen molar-refractivity contribution in [3.05, 3.63) is 69.0 Å². The number of hydrogen-bond donors (Lipinski definition) is 1. The van der Waals surface area contributed by atoms with E-state index < -0.39 is 11.7 Å². The Hall–Kier alpha value is -2.73. The summed E-state index contributed by atoms with van der Waals surface area (Å²) < 4.78 is 14.9. The van der Waals surface area contributed by atoms with Gasteiger partial charge in [0.2, 0.25) is 0 Å². The lowest BCUT2D eigenvalue weighted by Crippen LogP contribution is -2.40. The zero-order chi connectivity index (χ0) is 17.6. The number of aryl methyl sites for hydroxylation is 1. The van der Waals surface area contributed by atoms with Crippen LogP contribution < -0.4 is 10.5 Å². The molecule has 1 aliphatic rings. The van der Waals surface area contributed by atoms with Crippen molar-refractivity contribution in [2.45, 2.75) is 12.8 Å². The second-order valence-electron chi connectivity index (χ2n) is 5.86. The van der Waals surface area contributed by atoms with Gasteiger partial charge in [-0.1, -0.05) is 11.6 Å². The summed E-state index contributed by atoms with van der Waals surface area (Å²) in [6, 6.07) is 6.15. The molecule has 0 fully saturated rings. The number of benzene rings is 1. The highest BCUT2D eigenvalue weighted by atomic mass is 35.5. The van der Waals surface area contributed by atoms with Crippen molar-refractivity contribution in [1.29, 1.82) is 0 Å². The molecule has 1 aliphatic heterocycles. The third-order valence-corrected chi connectivity index (χ3v) is 4.66. The lowest BCUT2D eigenvalue weighted by Gasteiger charge is -2.28. The average molecular weight is 358 g/mol. The summed E-state index contributed by atoms with van der Waals surface area (Å²) in [4.78, 5) is 33.1. The number of rotatable bonds is 1. The molecule has 1 amide bonds. The number of aromatic amines is 1. The summed E-state index contributed by atoms with van der Waals surface area (Å²) in [5, 5.41) is 0.372. The van der Waals surface area contributed by atoms with Crippen molar-refractivity contribution in [2.24, 2.45) is 0 Å². The number of H-pyrrole nitrogens is 1. The molecule has 1 aromatic carbocycles. The molecule has 5 nitrogen and oxygen atoms in total. The molecular formula is C18H13ClFN3O2. The molecule has 3 aromatic rings. The van der Waals surface area contributed by atoms with E-state index in [1.165, 1.54) is 23.2 Å². The van der Waals surface area contributed by atoms with E-state index in [4.69, 9.17) is 11.6 Å². The Balaban J connectivity index is 1.88. The van der Waals surface area contributed by atoms with Crippen molar-refractivity contribution in [3.63, 3.8) is 0 Å². The summed E-state index contributed by atoms with van der Waals surface area (Å²) in [6.45, 7) is 0.348. The standard InChI is InChI=1S/C18H13ClFN3O2/c19-13-9-12(14(20)11-4-1-6-21-15(11)13)18(25)23-8-2-3-10-5-7-22-17(24)16(10)23/h1,4-7,9H,2-3,8H2,(H,22,24). The number of amides is 1. The minimum Gasteiger partial charge on any atom is -0.327 e. The van der Waals surface area contributed by atoms with E-state index in [2.05, 4.69) is 9.97 Å². The third kappa shape index (κ3) is 2.49. The Bertz CT molecular complexity index is 1060. The molecule has 0 aliphatic carbocycles. The molecule has 3 heterocycles. The van der Waals surface area contributed by atoms with Crippen LogP contribution in [0.15, 0.2) is 41.5 Å². The fourth-order valence-electron chi connectivity index (χ4n) is 3.23. The van der Waals surface area contributed by atoms with E-state index in [0.29, 0.717) is 24.9 Å². The highest BCUT2D eigenvalue weighted by molar-refractivity contribution is 6.35. The molecular weight excluding hydrogens is 345 g/mol. The molecule has 0 saturated heterocycles. The molecule has 2 aromatic heterocycles. The number of pyridine rings is 2. The normalized spacial score (nSPS) is 13.8. The Morgan fingerprint density at radius 3 is 3.04 bits per heavy atom. The van der Waals surface area contributed by atoms with Crippen LogP contribution in [0.4, 0.5) is 10.1 Å². The van der Waals surface area contributed by atoms with Crippen LogP contribution in [-0.4, -0.2) is 22.4 Å². The Morgan fingerprint density at radius 1 is 1.36 bits per heavy atom. The summed E-state index contributed by atoms with van der Waals surface area (Å²) >= 11 is 6.18. The number of carbonyl (C=O) groups excluding carboxylic acids is 1. The minimum absolute atomic E-state index is 0.165. The molecule has 0 radical (unpaired) electrons. The van der Waals surface area contributed by atoms with Gasteiger partial charge < -0.3 is 9.88 Å². The number of aromatic nitrogens is 2. The fourth-order valence-corrected chi connectivity index (χ4v) is 3.49. The number of nitrogens with one attached hydrogen (secondary N) is 1. The zero-order valence-corrected chi connectivity index (χ0v) is 13.8. The predicted octanol–water partition coefficient (Wildman–Crippen LogP) is 3.31. The van der Waals surface area contributed by atoms with Crippen LogP contribution in [0.5, 0.6) is 0 Å². The van der Waals surface area contributed by atoms with Crippen LogP contribution in [0.3, 0.4) is 0 Å². The van der Waals surface area contributed by atoms with Crippen molar-refractivity contribution < 1.29 is 9.18 Å². The number of carbonyl (C=O) groups is 1. The van der Waals surface area contributed by atoms with Gasteiger partial charge in [0.05, 0.1) is 16.1 Å². The number of anilines is 1. The molecule has 0 saturated carbocycles. The van der Waals surface area contributed by atoms with E-state index in [1.54, 1.807) is 18.3 Å². The van der Waals surface area contributed by atoms with Gasteiger partial charge >= 0.3 is 0 Å². The van der Waals surface area contributed by atoms with Crippen LogP contribution in [0.2, 0.25) is 5.02 Å². The molecule has 0 bridgehead atoms. The third-order valence-electron chi connectivity index (χ3n) is 4.37. The van der Waals surface area contributed by atoms with Gasteiger partial charge in [-0.2, -0.15) is 0 Å². The molecule has 25 heavy (non-hydrogen) atoms. The number of hydrogen-bond acceptors (Lipinski definition) is 3. The van der Waals surface area contributed by atoms with Crippen LogP contribution in [-0.2, 0) is 6.42 Å². The summed E-state index contributed by atoms with van der Waals surface area (Å²) in [5.74, 6) is -1.26. The monoisotopic (exact) mass is 357 g/mol. The maximum absolute atomic E-state index is 14.9. The van der Waals surface area contributed by atoms with Crippen molar-refractivity contribution in [2.75, 3.05) is 11.4 Å². The largest absolute Gasteiger partial charge is 0.327 e. The smallest absolute Gasteiger partial charge is 0.272 e. The number of nitrogens with zero attached hydrogens (tertiary/aromatic N) is 2. The Labute approximate surface area is 147 Å². The van der Waals surface area contributed by atoms with E-state index in [-0.39, 0.29) is 27.2 Å². The first-order valence-electron chi connectivity index (χ1n) is 7.83. The van der Waals surface area contributed by atoms with Crippen LogP contribution in [0.25, 0.3) is 10.9 Å². The highest BCUT2D eigenvalue weighted by Crippen LogP contribution is 2.30. The quantitative estimate of drug-likeness (QED) is 0.726. The highest BCUT2D eigenvalue weighted by Gasteiger charge is 2.29. The minimum atomic E-state index is -0.683. The first kappa shape index (κ1) is 15.8. The molecule has 126 valence electrons. The van der Waals surface area contributed by atoms with Crippen molar-refractivity contribution in [3.8, 4) is 0 Å². The first-order valence-corrected chi connectivity index (χ1v) is 8.21. The number of halogens is 2. The van der Waals surface area contributed by atoms with E-state index in [0.717, 1.165) is 5.56 Å². The SMILES string of the molecule is O=C(c1cc(Cl)c2ncccc2c1F)N1CCCc2cc[nH]c(=O)c21. The molecule has 4 rings (SSSR count). The number of fused-ring (bicyclic) bond motifs is 2. The average Bonchev–Trinajstić information content (AvgIpc) is 2.64. The fraction of sp³-hybridized carbons (Fsp3) is 0.167. The zero-order valence-electron chi connectivity index (χ0n) is 13.1. The van der Waals surface area contributed by atoms with Crippen LogP contribution >= 0.6 is 11.6 Å². The Kier molecular flexibility index (Phi) is 3.77. The molecule has 0 atom stereocenters. The maximum Gasteiger partial charge on any atom is 0.272 e. The van der Waals surface area contributed by atoms with Crippen LogP contribution in [0, 0.1) is 5.82 Å². The van der Waals surface area contributed by atoms with Crippen molar-refractivity contribution >= 4 is 34.1 Å². The molecule has 1 N–H and O–H groups in total. The van der Waals surface area contributed by atoms with E-state index in [1.807, 2.05) is 0 Å². The Morgan fingerprint density at radius 2 is 2.20 bits per heavy atom. The second kappa shape index (κ2) is 5.97. The molecule has 0 unspecified atom stereocenters. The van der Waals surface area contributed by atoms with Crippen LogP contribution in [0.1, 0.15) is 22.3 Å². The summed E-state index contributed by atoms with van der Waals surface area (Å²) in [7, 11) is 0. The van der Waals surface area contributed by atoms with Gasteiger partial charge in [-0.25, -0.2) is 4.39 Å². The summed E-state index contributed by atoms with van der Waals surface area (Å²) in [5.41, 5.74) is 0.828. The maximum atomic E-state index is 14.9. The van der Waals surface area contributed by atoms with Gasteiger partial charge in [-0.15, -0.1) is 0 Å². The van der Waals surface area contributed by atoms with Gasteiger partial charge in [0.15, 0.2) is 0 Å². The van der Waals surface area contributed by atoms with Gasteiger partial charge in [-0.3, -0.25) is 14.6 Å². The predicted molar refractivity (Wildman–Crippen MR) is 93.8 cm³/mol. The van der Waals surface area contributed by atoms with Crippen molar-refractivity contribution in [1.82, 2.24) is 9.97 Å². The topological polar surface area (TPSA) is 66.1 Å². The van der Waals surface area contributed by atoms with Gasteiger partial charge in [0.1, 0.15) is 11.5 Å². The lowest BCUT2D eigenvalue weighted by molar-refractivity contribution is 0.0981. The van der Waals surface area contributed by atoms with E-state index >= 15 is 0 Å². The van der Waals surface area contributed by atoms with Gasteiger partial charge in [-0.05, 0) is 42.7 Å². The van der Waals surface area contributed by atoms with Gasteiger partial charge in [0.25, 0.3) is 11.5 Å². The lowest BCUT2D eigenvalue weighted by atomic mass is 10.0. The molecule has 0 spiro atoms. The first-order chi connectivity index (χ1) is 12.1. The van der Waals surface area contributed by atoms with Gasteiger partial charge in [0, 0.05) is 24.3 Å². The van der Waals surface area contributed by atoms with E-state index in [9.17, 15) is 14.0 Å².